The first-order chi connectivity index (χ1) is 9.28. The average molecular weight is 316 g/mol. The van der Waals surface area contributed by atoms with Crippen molar-refractivity contribution in [3.63, 3.8) is 0 Å². The topological polar surface area (TPSA) is 110 Å². The first-order valence-electron chi connectivity index (χ1n) is 6.29. The Kier molecular flexibility index (Phi) is 4.48. The van der Waals surface area contributed by atoms with Crippen LogP contribution in [0, 0.1) is 17.0 Å². The Balaban J connectivity index is 3.27. The Morgan fingerprint density at radius 3 is 2.19 bits per heavy atom. The van der Waals surface area contributed by atoms with Crippen molar-refractivity contribution in [3.05, 3.63) is 33.9 Å². The molecule has 0 saturated carbocycles. The lowest BCUT2D eigenvalue weighted by molar-refractivity contribution is -0.385. The lowest BCUT2D eigenvalue weighted by atomic mass is 9.87. The van der Waals surface area contributed by atoms with Crippen molar-refractivity contribution in [1.82, 2.24) is 4.72 Å². The van der Waals surface area contributed by atoms with E-state index in [0.29, 0.717) is 5.56 Å². The van der Waals surface area contributed by atoms with E-state index in [9.17, 15) is 23.6 Å². The SMILES string of the molecule is Cc1ccc(S(=O)(=O)NC(C)(C)C(C)(C)O)cc1[N+](=O)[O-]. The molecule has 0 bridgehead atoms. The van der Waals surface area contributed by atoms with Gasteiger partial charge in [0.15, 0.2) is 0 Å². The number of hydrogen-bond donors (Lipinski definition) is 2. The number of aliphatic hydroxyl groups is 1. The van der Waals surface area contributed by atoms with Crippen molar-refractivity contribution in [2.24, 2.45) is 0 Å². The quantitative estimate of drug-likeness (QED) is 0.635. The molecule has 0 spiro atoms. The van der Waals surface area contributed by atoms with Gasteiger partial charge in [0.05, 0.1) is 21.0 Å². The maximum Gasteiger partial charge on any atom is 0.273 e. The predicted molar refractivity (Wildman–Crippen MR) is 78.5 cm³/mol. The van der Waals surface area contributed by atoms with E-state index in [1.807, 2.05) is 0 Å². The van der Waals surface area contributed by atoms with Crippen molar-refractivity contribution >= 4 is 15.7 Å². The number of aryl methyl sites for hydroxylation is 1. The first kappa shape index (κ1) is 17.5. The minimum absolute atomic E-state index is 0.211. The minimum Gasteiger partial charge on any atom is -0.389 e. The highest BCUT2D eigenvalue weighted by Gasteiger charge is 2.39. The molecule has 1 aromatic carbocycles. The summed E-state index contributed by atoms with van der Waals surface area (Å²) >= 11 is 0. The van der Waals surface area contributed by atoms with Gasteiger partial charge in [-0.3, -0.25) is 10.1 Å². The molecule has 0 aromatic heterocycles. The van der Waals surface area contributed by atoms with Gasteiger partial charge in [-0.15, -0.1) is 0 Å². The molecule has 0 fully saturated rings. The summed E-state index contributed by atoms with van der Waals surface area (Å²) in [4.78, 5) is 10.1. The summed E-state index contributed by atoms with van der Waals surface area (Å²) in [6.07, 6.45) is 0. The molecule has 0 aliphatic heterocycles. The Labute approximate surface area is 124 Å². The van der Waals surface area contributed by atoms with Crippen molar-refractivity contribution in [2.45, 2.75) is 50.7 Å². The molecule has 8 heteroatoms. The van der Waals surface area contributed by atoms with Crippen LogP contribution in [0.15, 0.2) is 23.1 Å². The molecule has 1 aromatic rings. The molecule has 0 atom stereocenters. The zero-order valence-corrected chi connectivity index (χ0v) is 13.5. The van der Waals surface area contributed by atoms with Crippen LogP contribution in [-0.2, 0) is 10.0 Å². The number of nitrogens with one attached hydrogen (secondary N) is 1. The predicted octanol–water partition coefficient (Wildman–Crippen LogP) is 1.73. The third-order valence-electron chi connectivity index (χ3n) is 3.61. The van der Waals surface area contributed by atoms with Crippen molar-refractivity contribution in [1.29, 1.82) is 0 Å². The standard InChI is InChI=1S/C13H20N2O5S/c1-9-6-7-10(8-11(9)15(17)18)21(19,20)14-12(2,3)13(4,5)16/h6-8,14,16H,1-5H3. The molecule has 0 amide bonds. The fourth-order valence-corrected chi connectivity index (χ4v) is 3.03. The zero-order chi connectivity index (χ0) is 16.6. The third kappa shape index (κ3) is 3.78. The second kappa shape index (κ2) is 5.36. The van der Waals surface area contributed by atoms with Gasteiger partial charge in [0, 0.05) is 11.6 Å². The minimum atomic E-state index is -3.99. The monoisotopic (exact) mass is 316 g/mol. The molecule has 0 heterocycles. The van der Waals surface area contributed by atoms with Gasteiger partial charge in [-0.1, -0.05) is 6.07 Å². The molecule has 0 unspecified atom stereocenters. The van der Waals surface area contributed by atoms with Gasteiger partial charge >= 0.3 is 0 Å². The van der Waals surface area contributed by atoms with Gasteiger partial charge in [0.2, 0.25) is 10.0 Å². The van der Waals surface area contributed by atoms with Crippen LogP contribution in [0.3, 0.4) is 0 Å². The summed E-state index contributed by atoms with van der Waals surface area (Å²) in [6, 6.07) is 3.69. The van der Waals surface area contributed by atoms with Gasteiger partial charge in [0.25, 0.3) is 5.69 Å². The summed E-state index contributed by atoms with van der Waals surface area (Å²) in [5.41, 5.74) is -2.35. The Hall–Kier alpha value is -1.51. The summed E-state index contributed by atoms with van der Waals surface area (Å²) in [5.74, 6) is 0. The Bertz CT molecular complexity index is 660. The Morgan fingerprint density at radius 1 is 1.24 bits per heavy atom. The summed E-state index contributed by atoms with van der Waals surface area (Å²) in [6.45, 7) is 7.56. The first-order valence-corrected chi connectivity index (χ1v) is 7.78. The second-order valence-electron chi connectivity index (χ2n) is 5.99. The highest BCUT2D eigenvalue weighted by molar-refractivity contribution is 7.89. The van der Waals surface area contributed by atoms with Crippen molar-refractivity contribution in [3.8, 4) is 0 Å². The van der Waals surface area contributed by atoms with E-state index in [0.717, 1.165) is 6.07 Å². The van der Waals surface area contributed by atoms with E-state index in [1.54, 1.807) is 0 Å². The highest BCUT2D eigenvalue weighted by atomic mass is 32.2. The van der Waals surface area contributed by atoms with Gasteiger partial charge < -0.3 is 5.11 Å². The van der Waals surface area contributed by atoms with Crippen molar-refractivity contribution in [2.75, 3.05) is 0 Å². The maximum absolute atomic E-state index is 12.3. The average Bonchev–Trinajstić information content (AvgIpc) is 2.25. The van der Waals surface area contributed by atoms with Crippen LogP contribution in [0.5, 0.6) is 0 Å². The molecule has 118 valence electrons. The van der Waals surface area contributed by atoms with Crippen LogP contribution >= 0.6 is 0 Å². The lowest BCUT2D eigenvalue weighted by Gasteiger charge is -2.37. The van der Waals surface area contributed by atoms with Crippen molar-refractivity contribution < 1.29 is 18.4 Å². The number of nitro groups is 1. The summed E-state index contributed by atoms with van der Waals surface area (Å²) in [5, 5.41) is 20.9. The van der Waals surface area contributed by atoms with E-state index in [4.69, 9.17) is 0 Å². The molecule has 0 aliphatic rings. The number of sulfonamides is 1. The van der Waals surface area contributed by atoms with Crippen LogP contribution in [0.1, 0.15) is 33.3 Å². The van der Waals surface area contributed by atoms with Gasteiger partial charge in [-0.25, -0.2) is 13.1 Å². The number of hydrogen-bond acceptors (Lipinski definition) is 5. The largest absolute Gasteiger partial charge is 0.389 e. The number of nitrogens with zero attached hydrogens (tertiary/aromatic N) is 1. The molecular weight excluding hydrogens is 296 g/mol. The summed E-state index contributed by atoms with van der Waals surface area (Å²) in [7, 11) is -3.99. The lowest BCUT2D eigenvalue weighted by Crippen LogP contribution is -2.57. The van der Waals surface area contributed by atoms with E-state index in [2.05, 4.69) is 4.72 Å². The maximum atomic E-state index is 12.3. The molecule has 0 aliphatic carbocycles. The fourth-order valence-electron chi connectivity index (χ4n) is 1.47. The fraction of sp³-hybridized carbons (Fsp3) is 0.538. The van der Waals surface area contributed by atoms with Crippen LogP contribution in [0.4, 0.5) is 5.69 Å². The van der Waals surface area contributed by atoms with Crippen LogP contribution in [0.2, 0.25) is 0 Å². The molecular formula is C13H20N2O5S. The molecule has 0 radical (unpaired) electrons. The number of nitro benzene ring substituents is 1. The smallest absolute Gasteiger partial charge is 0.273 e. The van der Waals surface area contributed by atoms with Gasteiger partial charge in [-0.05, 0) is 40.7 Å². The van der Waals surface area contributed by atoms with Gasteiger partial charge in [-0.2, -0.15) is 0 Å². The van der Waals surface area contributed by atoms with E-state index >= 15 is 0 Å². The molecule has 21 heavy (non-hydrogen) atoms. The van der Waals surface area contributed by atoms with E-state index in [1.165, 1.54) is 46.8 Å². The molecule has 7 nitrogen and oxygen atoms in total. The number of rotatable bonds is 5. The van der Waals surface area contributed by atoms with Crippen LogP contribution < -0.4 is 4.72 Å². The molecule has 2 N–H and O–H groups in total. The van der Waals surface area contributed by atoms with Crippen LogP contribution in [-0.4, -0.2) is 29.6 Å². The third-order valence-corrected chi connectivity index (χ3v) is 5.26. The highest BCUT2D eigenvalue weighted by Crippen LogP contribution is 2.26. The molecule has 0 saturated heterocycles. The van der Waals surface area contributed by atoms with E-state index in [-0.39, 0.29) is 10.6 Å². The normalized spacial score (nSPS) is 13.2. The summed E-state index contributed by atoms with van der Waals surface area (Å²) < 4.78 is 27.0. The second-order valence-corrected chi connectivity index (χ2v) is 7.68. The van der Waals surface area contributed by atoms with Gasteiger partial charge in [0.1, 0.15) is 0 Å². The van der Waals surface area contributed by atoms with E-state index < -0.39 is 26.1 Å². The van der Waals surface area contributed by atoms with Crippen LogP contribution in [0.25, 0.3) is 0 Å². The number of benzene rings is 1. The molecule has 1 rings (SSSR count). The Morgan fingerprint density at radius 2 is 1.76 bits per heavy atom. The zero-order valence-electron chi connectivity index (χ0n) is 12.7.